The molecule has 0 aromatic rings. The van der Waals surface area contributed by atoms with E-state index < -0.39 is 5.60 Å². The highest BCUT2D eigenvalue weighted by molar-refractivity contribution is 5.14. The van der Waals surface area contributed by atoms with Gasteiger partial charge in [-0.05, 0) is 53.9 Å². The molecule has 0 rings (SSSR count). The predicted molar refractivity (Wildman–Crippen MR) is 86.2 cm³/mol. The van der Waals surface area contributed by atoms with E-state index in [0.717, 1.165) is 24.8 Å². The number of aliphatic hydroxyl groups is 1. The fourth-order valence-corrected chi connectivity index (χ4v) is 2.09. The number of rotatable bonds is 8. The second kappa shape index (κ2) is 8.16. The van der Waals surface area contributed by atoms with Crippen molar-refractivity contribution >= 4 is 0 Å². The van der Waals surface area contributed by atoms with Crippen LogP contribution in [0.25, 0.3) is 0 Å². The molecule has 1 nitrogen and oxygen atoms in total. The van der Waals surface area contributed by atoms with Gasteiger partial charge in [-0.15, -0.1) is 6.58 Å². The standard InChI is InChI=1S/C18H30O/c1-8-18(7,19)17(15(4)5)13-12-16(6)11-9-10-14(2)3/h8,10,12,17,19H,1,4,9,11,13H2,2-3,5-7H3. The van der Waals surface area contributed by atoms with Crippen molar-refractivity contribution in [3.63, 3.8) is 0 Å². The molecule has 0 radical (unpaired) electrons. The minimum atomic E-state index is -0.886. The van der Waals surface area contributed by atoms with Crippen molar-refractivity contribution in [1.29, 1.82) is 0 Å². The summed E-state index contributed by atoms with van der Waals surface area (Å²) >= 11 is 0. The van der Waals surface area contributed by atoms with Crippen LogP contribution in [0.1, 0.15) is 53.9 Å². The number of hydrogen-bond acceptors (Lipinski definition) is 1. The Bertz CT molecular complexity index is 365. The van der Waals surface area contributed by atoms with Gasteiger partial charge in [-0.2, -0.15) is 0 Å². The Morgan fingerprint density at radius 3 is 2.21 bits per heavy atom. The summed E-state index contributed by atoms with van der Waals surface area (Å²) in [5, 5.41) is 10.3. The molecule has 19 heavy (non-hydrogen) atoms. The van der Waals surface area contributed by atoms with Crippen molar-refractivity contribution in [2.45, 2.75) is 59.5 Å². The van der Waals surface area contributed by atoms with Crippen LogP contribution in [-0.2, 0) is 0 Å². The topological polar surface area (TPSA) is 20.2 Å². The van der Waals surface area contributed by atoms with Crippen LogP contribution in [0.5, 0.6) is 0 Å². The molecule has 108 valence electrons. The Hall–Kier alpha value is -1.08. The molecule has 1 heteroatoms. The van der Waals surface area contributed by atoms with E-state index in [9.17, 15) is 5.11 Å². The van der Waals surface area contributed by atoms with E-state index >= 15 is 0 Å². The molecule has 0 fully saturated rings. The van der Waals surface area contributed by atoms with Crippen molar-refractivity contribution < 1.29 is 5.11 Å². The summed E-state index contributed by atoms with van der Waals surface area (Å²) in [6.45, 7) is 17.9. The van der Waals surface area contributed by atoms with E-state index in [2.05, 4.69) is 46.1 Å². The molecule has 1 N–H and O–H groups in total. The molecule has 0 saturated heterocycles. The highest BCUT2D eigenvalue weighted by atomic mass is 16.3. The molecule has 0 aromatic heterocycles. The van der Waals surface area contributed by atoms with Crippen LogP contribution in [0.3, 0.4) is 0 Å². The van der Waals surface area contributed by atoms with Gasteiger partial charge in [-0.1, -0.05) is 41.5 Å². The van der Waals surface area contributed by atoms with Crippen molar-refractivity contribution in [1.82, 2.24) is 0 Å². The number of allylic oxidation sites excluding steroid dienone is 4. The van der Waals surface area contributed by atoms with Crippen molar-refractivity contribution in [3.05, 3.63) is 48.1 Å². The Balaban J connectivity index is 4.59. The average Bonchev–Trinajstić information content (AvgIpc) is 2.27. The van der Waals surface area contributed by atoms with E-state index in [0.29, 0.717) is 0 Å². The first kappa shape index (κ1) is 17.9. The van der Waals surface area contributed by atoms with Gasteiger partial charge in [0.15, 0.2) is 0 Å². The lowest BCUT2D eigenvalue weighted by Crippen LogP contribution is -2.32. The highest BCUT2D eigenvalue weighted by Crippen LogP contribution is 2.29. The number of hydrogen-bond donors (Lipinski definition) is 1. The van der Waals surface area contributed by atoms with Crippen LogP contribution >= 0.6 is 0 Å². The molecule has 2 unspecified atom stereocenters. The van der Waals surface area contributed by atoms with Crippen molar-refractivity contribution in [3.8, 4) is 0 Å². The van der Waals surface area contributed by atoms with Gasteiger partial charge in [0.25, 0.3) is 0 Å². The molecule has 2 atom stereocenters. The minimum absolute atomic E-state index is 0.0309. The third-order valence-electron chi connectivity index (χ3n) is 3.51. The largest absolute Gasteiger partial charge is 0.385 e. The first-order valence-electron chi connectivity index (χ1n) is 7.01. The lowest BCUT2D eigenvalue weighted by molar-refractivity contribution is 0.0638. The van der Waals surface area contributed by atoms with Gasteiger partial charge in [-0.3, -0.25) is 0 Å². The quantitative estimate of drug-likeness (QED) is 0.596. The molecule has 0 aliphatic carbocycles. The molecule has 0 saturated carbocycles. The van der Waals surface area contributed by atoms with E-state index in [1.807, 2.05) is 6.92 Å². The first-order valence-corrected chi connectivity index (χ1v) is 7.01. The zero-order valence-corrected chi connectivity index (χ0v) is 13.3. The molecule has 0 aliphatic rings. The van der Waals surface area contributed by atoms with Crippen LogP contribution in [0.2, 0.25) is 0 Å². The molecular formula is C18H30O. The molecule has 0 spiro atoms. The first-order chi connectivity index (χ1) is 8.70. The summed E-state index contributed by atoms with van der Waals surface area (Å²) in [6.07, 6.45) is 9.06. The van der Waals surface area contributed by atoms with Gasteiger partial charge in [0.1, 0.15) is 0 Å². The van der Waals surface area contributed by atoms with E-state index in [1.165, 1.54) is 11.1 Å². The van der Waals surface area contributed by atoms with Crippen LogP contribution < -0.4 is 0 Å². The zero-order valence-electron chi connectivity index (χ0n) is 13.3. The Labute approximate surface area is 119 Å². The lowest BCUT2D eigenvalue weighted by Gasteiger charge is -2.30. The van der Waals surface area contributed by atoms with Gasteiger partial charge >= 0.3 is 0 Å². The summed E-state index contributed by atoms with van der Waals surface area (Å²) in [7, 11) is 0. The van der Waals surface area contributed by atoms with Crippen LogP contribution in [0.4, 0.5) is 0 Å². The zero-order chi connectivity index (χ0) is 15.1. The minimum Gasteiger partial charge on any atom is -0.385 e. The molecule has 0 heterocycles. The van der Waals surface area contributed by atoms with Gasteiger partial charge in [0, 0.05) is 5.92 Å². The summed E-state index contributed by atoms with van der Waals surface area (Å²) in [6, 6.07) is 0. The van der Waals surface area contributed by atoms with Gasteiger partial charge in [0.2, 0.25) is 0 Å². The van der Waals surface area contributed by atoms with Crippen LogP contribution in [0.15, 0.2) is 48.1 Å². The van der Waals surface area contributed by atoms with E-state index in [4.69, 9.17) is 0 Å². The monoisotopic (exact) mass is 262 g/mol. The summed E-state index contributed by atoms with van der Waals surface area (Å²) in [4.78, 5) is 0. The Kier molecular flexibility index (Phi) is 7.70. The van der Waals surface area contributed by atoms with Crippen LogP contribution in [0, 0.1) is 5.92 Å². The van der Waals surface area contributed by atoms with Crippen molar-refractivity contribution in [2.24, 2.45) is 5.92 Å². The second-order valence-corrected chi connectivity index (χ2v) is 5.94. The lowest BCUT2D eigenvalue weighted by atomic mass is 9.81. The molecule has 0 aromatic carbocycles. The average molecular weight is 262 g/mol. The summed E-state index contributed by atoms with van der Waals surface area (Å²) in [5.41, 5.74) is 2.84. The second-order valence-electron chi connectivity index (χ2n) is 5.94. The SMILES string of the molecule is C=CC(C)(O)C(CC=C(C)CCC=C(C)C)C(=C)C. The third kappa shape index (κ3) is 7.17. The van der Waals surface area contributed by atoms with Gasteiger partial charge < -0.3 is 5.11 Å². The Morgan fingerprint density at radius 2 is 1.79 bits per heavy atom. The van der Waals surface area contributed by atoms with Crippen molar-refractivity contribution in [2.75, 3.05) is 0 Å². The normalized spacial score (nSPS) is 16.4. The molecule has 0 amide bonds. The highest BCUT2D eigenvalue weighted by Gasteiger charge is 2.28. The fraction of sp³-hybridized carbons (Fsp3) is 0.556. The maximum Gasteiger partial charge on any atom is 0.0864 e. The maximum atomic E-state index is 10.3. The fourth-order valence-electron chi connectivity index (χ4n) is 2.09. The third-order valence-corrected chi connectivity index (χ3v) is 3.51. The Morgan fingerprint density at radius 1 is 1.21 bits per heavy atom. The molecular weight excluding hydrogens is 232 g/mol. The predicted octanol–water partition coefficient (Wildman–Crippen LogP) is 5.20. The van der Waals surface area contributed by atoms with Crippen LogP contribution in [-0.4, -0.2) is 10.7 Å². The summed E-state index contributed by atoms with van der Waals surface area (Å²) < 4.78 is 0. The van der Waals surface area contributed by atoms with E-state index in [-0.39, 0.29) is 5.92 Å². The maximum absolute atomic E-state index is 10.3. The molecule has 0 bridgehead atoms. The van der Waals surface area contributed by atoms with E-state index in [1.54, 1.807) is 13.0 Å². The molecule has 0 aliphatic heterocycles. The van der Waals surface area contributed by atoms with Gasteiger partial charge in [0.05, 0.1) is 5.60 Å². The summed E-state index contributed by atoms with van der Waals surface area (Å²) in [5.74, 6) is 0.0309. The smallest absolute Gasteiger partial charge is 0.0864 e. The van der Waals surface area contributed by atoms with Gasteiger partial charge in [-0.25, -0.2) is 0 Å².